The van der Waals surface area contributed by atoms with Gasteiger partial charge in [-0.2, -0.15) is 0 Å². The second-order valence-electron chi connectivity index (χ2n) is 3.49. The van der Waals surface area contributed by atoms with Gasteiger partial charge >= 0.3 is 0 Å². The SMILES string of the molecule is C=CCCC(C)=Nc1ccc(OC)c(Cl)c1. The molecule has 0 heterocycles. The van der Waals surface area contributed by atoms with E-state index in [-0.39, 0.29) is 0 Å². The molecule has 1 aromatic carbocycles. The standard InChI is InChI=1S/C13H16ClNO/c1-4-5-6-10(2)15-11-7-8-13(16-3)12(14)9-11/h4,7-9H,1,5-6H2,2-3H3. The van der Waals surface area contributed by atoms with E-state index in [1.807, 2.05) is 25.1 Å². The number of halogens is 1. The molecule has 0 aliphatic rings. The molecule has 0 saturated carbocycles. The average molecular weight is 238 g/mol. The third kappa shape index (κ3) is 3.70. The monoisotopic (exact) mass is 237 g/mol. The zero-order chi connectivity index (χ0) is 12.0. The van der Waals surface area contributed by atoms with Crippen LogP contribution in [0.15, 0.2) is 35.8 Å². The smallest absolute Gasteiger partial charge is 0.137 e. The first-order valence-electron chi connectivity index (χ1n) is 5.16. The molecule has 0 unspecified atom stereocenters. The van der Waals surface area contributed by atoms with Crippen LogP contribution in [0.25, 0.3) is 0 Å². The van der Waals surface area contributed by atoms with Gasteiger partial charge in [0.1, 0.15) is 5.75 Å². The summed E-state index contributed by atoms with van der Waals surface area (Å²) in [7, 11) is 1.60. The fourth-order valence-corrected chi connectivity index (χ4v) is 1.56. The first-order chi connectivity index (χ1) is 7.67. The fraction of sp³-hybridized carbons (Fsp3) is 0.308. The van der Waals surface area contributed by atoms with Gasteiger partial charge in [-0.05, 0) is 38.0 Å². The van der Waals surface area contributed by atoms with Crippen molar-refractivity contribution in [1.82, 2.24) is 0 Å². The maximum atomic E-state index is 6.01. The molecule has 3 heteroatoms. The minimum Gasteiger partial charge on any atom is -0.495 e. The maximum absolute atomic E-state index is 6.01. The zero-order valence-electron chi connectivity index (χ0n) is 9.66. The van der Waals surface area contributed by atoms with Gasteiger partial charge in [-0.15, -0.1) is 6.58 Å². The van der Waals surface area contributed by atoms with Crippen molar-refractivity contribution in [2.24, 2.45) is 4.99 Å². The summed E-state index contributed by atoms with van der Waals surface area (Å²) < 4.78 is 5.08. The zero-order valence-corrected chi connectivity index (χ0v) is 10.4. The molecule has 0 aromatic heterocycles. The second kappa shape index (κ2) is 6.33. The van der Waals surface area contributed by atoms with Crippen LogP contribution >= 0.6 is 11.6 Å². The summed E-state index contributed by atoms with van der Waals surface area (Å²) in [6, 6.07) is 5.52. The molecular formula is C13H16ClNO. The Labute approximate surface area is 102 Å². The number of nitrogens with zero attached hydrogens (tertiary/aromatic N) is 1. The molecule has 0 saturated heterocycles. The van der Waals surface area contributed by atoms with Crippen molar-refractivity contribution in [3.8, 4) is 5.75 Å². The van der Waals surface area contributed by atoms with Gasteiger partial charge in [-0.3, -0.25) is 4.99 Å². The van der Waals surface area contributed by atoms with E-state index in [0.29, 0.717) is 10.8 Å². The minimum absolute atomic E-state index is 0.584. The lowest BCUT2D eigenvalue weighted by molar-refractivity contribution is 0.415. The van der Waals surface area contributed by atoms with E-state index in [1.165, 1.54) is 0 Å². The quantitative estimate of drug-likeness (QED) is 0.549. The molecule has 16 heavy (non-hydrogen) atoms. The Morgan fingerprint density at radius 2 is 2.31 bits per heavy atom. The van der Waals surface area contributed by atoms with Crippen molar-refractivity contribution >= 4 is 23.0 Å². The van der Waals surface area contributed by atoms with Crippen LogP contribution in [0.2, 0.25) is 5.02 Å². The van der Waals surface area contributed by atoms with Gasteiger partial charge in [-0.25, -0.2) is 0 Å². The highest BCUT2D eigenvalue weighted by Crippen LogP contribution is 2.28. The summed E-state index contributed by atoms with van der Waals surface area (Å²) in [4.78, 5) is 4.46. The van der Waals surface area contributed by atoms with Gasteiger partial charge in [0.25, 0.3) is 0 Å². The van der Waals surface area contributed by atoms with Crippen molar-refractivity contribution in [2.75, 3.05) is 7.11 Å². The van der Waals surface area contributed by atoms with Gasteiger partial charge in [0, 0.05) is 5.71 Å². The number of ether oxygens (including phenoxy) is 1. The molecule has 0 aliphatic heterocycles. The normalized spacial score (nSPS) is 11.3. The van der Waals surface area contributed by atoms with E-state index in [4.69, 9.17) is 16.3 Å². The predicted molar refractivity (Wildman–Crippen MR) is 70.2 cm³/mol. The van der Waals surface area contributed by atoms with Crippen molar-refractivity contribution in [1.29, 1.82) is 0 Å². The Morgan fingerprint density at radius 3 is 2.88 bits per heavy atom. The number of benzene rings is 1. The van der Waals surface area contributed by atoms with Crippen molar-refractivity contribution in [3.63, 3.8) is 0 Å². The first kappa shape index (κ1) is 12.8. The summed E-state index contributed by atoms with van der Waals surface area (Å²) in [5.41, 5.74) is 1.92. The Morgan fingerprint density at radius 1 is 1.56 bits per heavy atom. The van der Waals surface area contributed by atoms with Crippen LogP contribution in [0.1, 0.15) is 19.8 Å². The fourth-order valence-electron chi connectivity index (χ4n) is 1.31. The van der Waals surface area contributed by atoms with Crippen molar-refractivity contribution in [2.45, 2.75) is 19.8 Å². The Hall–Kier alpha value is -1.28. The summed E-state index contributed by atoms with van der Waals surface area (Å²) in [5, 5.41) is 0.584. The Balaban J connectivity index is 2.81. The van der Waals surface area contributed by atoms with Gasteiger partial charge in [0.05, 0.1) is 17.8 Å². The summed E-state index contributed by atoms with van der Waals surface area (Å²) >= 11 is 6.01. The number of rotatable bonds is 5. The largest absolute Gasteiger partial charge is 0.495 e. The second-order valence-corrected chi connectivity index (χ2v) is 3.90. The highest BCUT2D eigenvalue weighted by molar-refractivity contribution is 6.32. The number of hydrogen-bond acceptors (Lipinski definition) is 2. The molecular weight excluding hydrogens is 222 g/mol. The van der Waals surface area contributed by atoms with Crippen LogP contribution in [0.4, 0.5) is 5.69 Å². The summed E-state index contributed by atoms with van der Waals surface area (Å²) in [6.07, 6.45) is 3.76. The van der Waals surface area contributed by atoms with Crippen LogP contribution in [0.3, 0.4) is 0 Å². The van der Waals surface area contributed by atoms with E-state index >= 15 is 0 Å². The van der Waals surface area contributed by atoms with Crippen molar-refractivity contribution < 1.29 is 4.74 Å². The maximum Gasteiger partial charge on any atom is 0.137 e. The number of methoxy groups -OCH3 is 1. The lowest BCUT2D eigenvalue weighted by Gasteiger charge is -2.04. The summed E-state index contributed by atoms with van der Waals surface area (Å²) in [5.74, 6) is 0.671. The van der Waals surface area contributed by atoms with Gasteiger partial charge in [0.15, 0.2) is 0 Å². The van der Waals surface area contributed by atoms with E-state index in [0.717, 1.165) is 24.2 Å². The lowest BCUT2D eigenvalue weighted by Crippen LogP contribution is -1.89. The highest BCUT2D eigenvalue weighted by atomic mass is 35.5. The van der Waals surface area contributed by atoms with E-state index in [9.17, 15) is 0 Å². The van der Waals surface area contributed by atoms with Crippen LogP contribution in [-0.4, -0.2) is 12.8 Å². The lowest BCUT2D eigenvalue weighted by atomic mass is 10.2. The van der Waals surface area contributed by atoms with E-state index in [2.05, 4.69) is 11.6 Å². The predicted octanol–water partition coefficient (Wildman–Crippen LogP) is 4.41. The molecule has 1 aromatic rings. The Kier molecular flexibility index (Phi) is 5.06. The van der Waals surface area contributed by atoms with Crippen molar-refractivity contribution in [3.05, 3.63) is 35.9 Å². The topological polar surface area (TPSA) is 21.6 Å². The third-order valence-corrected chi connectivity index (χ3v) is 2.46. The summed E-state index contributed by atoms with van der Waals surface area (Å²) in [6.45, 7) is 5.69. The van der Waals surface area contributed by atoms with Crippen LogP contribution < -0.4 is 4.74 Å². The molecule has 0 bridgehead atoms. The van der Waals surface area contributed by atoms with Gasteiger partial charge < -0.3 is 4.74 Å². The molecule has 86 valence electrons. The molecule has 0 atom stereocenters. The average Bonchev–Trinajstić information content (AvgIpc) is 2.26. The third-order valence-electron chi connectivity index (χ3n) is 2.17. The molecule has 2 nitrogen and oxygen atoms in total. The molecule has 0 radical (unpaired) electrons. The highest BCUT2D eigenvalue weighted by Gasteiger charge is 2.01. The molecule has 0 fully saturated rings. The van der Waals surface area contributed by atoms with E-state index < -0.39 is 0 Å². The number of allylic oxidation sites excluding steroid dienone is 1. The molecule has 1 rings (SSSR count). The minimum atomic E-state index is 0.584. The molecule has 0 aliphatic carbocycles. The van der Waals surface area contributed by atoms with E-state index in [1.54, 1.807) is 13.2 Å². The Bertz CT molecular complexity index is 399. The molecule has 0 spiro atoms. The van der Waals surface area contributed by atoms with Crippen LogP contribution in [0, 0.1) is 0 Å². The van der Waals surface area contributed by atoms with Crippen LogP contribution in [0.5, 0.6) is 5.75 Å². The van der Waals surface area contributed by atoms with Gasteiger partial charge in [0.2, 0.25) is 0 Å². The molecule has 0 amide bonds. The van der Waals surface area contributed by atoms with Gasteiger partial charge in [-0.1, -0.05) is 17.7 Å². The number of aliphatic imine (C=N–C) groups is 1. The number of hydrogen-bond donors (Lipinski definition) is 0. The molecule has 0 N–H and O–H groups in total. The first-order valence-corrected chi connectivity index (χ1v) is 5.53. The van der Waals surface area contributed by atoms with Crippen LogP contribution in [-0.2, 0) is 0 Å².